The topological polar surface area (TPSA) is 123 Å². The van der Waals surface area contributed by atoms with E-state index in [1.807, 2.05) is 0 Å². The zero-order valence-electron chi connectivity index (χ0n) is 25.3. The van der Waals surface area contributed by atoms with Gasteiger partial charge in [0.15, 0.2) is 6.29 Å². The molecule has 0 radical (unpaired) electrons. The molecule has 3 saturated heterocycles. The van der Waals surface area contributed by atoms with Crippen LogP contribution in [-0.2, 0) is 9.47 Å². The highest BCUT2D eigenvalue weighted by molar-refractivity contribution is 5.12. The molecule has 41 heavy (non-hydrogen) atoms. The van der Waals surface area contributed by atoms with Crippen molar-refractivity contribution in [3.05, 3.63) is 0 Å². The first-order valence-electron chi connectivity index (χ1n) is 17.0. The molecule has 7 rings (SSSR count). The maximum Gasteiger partial charge on any atom is 0.186 e. The second-order valence-electron chi connectivity index (χ2n) is 15.9. The van der Waals surface area contributed by atoms with E-state index in [0.29, 0.717) is 18.3 Å². The number of hydrogen-bond donors (Lipinski definition) is 5. The van der Waals surface area contributed by atoms with Gasteiger partial charge in [-0.2, -0.15) is 0 Å². The fourth-order valence-electron chi connectivity index (χ4n) is 12.1. The quantitative estimate of drug-likeness (QED) is 0.324. The van der Waals surface area contributed by atoms with Gasteiger partial charge in [-0.05, 0) is 116 Å². The normalized spacial score (nSPS) is 59.0. The Morgan fingerprint density at radius 3 is 2.34 bits per heavy atom. The molecule has 3 heterocycles. The Kier molecular flexibility index (Phi) is 7.84. The summed E-state index contributed by atoms with van der Waals surface area (Å²) < 4.78 is 11.9. The molecule has 0 amide bonds. The maximum atomic E-state index is 11.6. The lowest BCUT2D eigenvalue weighted by Crippen LogP contribution is -2.60. The lowest BCUT2D eigenvalue weighted by atomic mass is 9.51. The van der Waals surface area contributed by atoms with E-state index in [4.69, 9.17) is 9.47 Å². The van der Waals surface area contributed by atoms with E-state index in [1.54, 1.807) is 0 Å². The highest BCUT2D eigenvalue weighted by Crippen LogP contribution is 2.67. The summed E-state index contributed by atoms with van der Waals surface area (Å²) >= 11 is 0. The average molecular weight is 578 g/mol. The summed E-state index contributed by atoms with van der Waals surface area (Å²) in [6.45, 7) is 9.55. The third-order valence-electron chi connectivity index (χ3n) is 14.1. The Morgan fingerprint density at radius 2 is 1.56 bits per heavy atom. The monoisotopic (exact) mass is 577 g/mol. The van der Waals surface area contributed by atoms with Gasteiger partial charge >= 0.3 is 0 Å². The van der Waals surface area contributed by atoms with Crippen molar-refractivity contribution < 1.29 is 35.0 Å². The number of fused-ring (bicyclic) bond motifs is 8. The van der Waals surface area contributed by atoms with Crippen LogP contribution in [0.15, 0.2) is 0 Å². The van der Waals surface area contributed by atoms with Gasteiger partial charge in [0, 0.05) is 19.1 Å². The van der Waals surface area contributed by atoms with Crippen LogP contribution in [0.25, 0.3) is 0 Å². The maximum absolute atomic E-state index is 11.6. The van der Waals surface area contributed by atoms with Gasteiger partial charge in [0.05, 0.1) is 18.8 Å². The summed E-state index contributed by atoms with van der Waals surface area (Å²) in [5.74, 6) is 6.23. The zero-order chi connectivity index (χ0) is 28.8. The Morgan fingerprint density at radius 1 is 0.780 bits per heavy atom. The second-order valence-corrected chi connectivity index (χ2v) is 15.9. The van der Waals surface area contributed by atoms with Gasteiger partial charge in [-0.25, -0.2) is 0 Å². The summed E-state index contributed by atoms with van der Waals surface area (Å²) in [4.78, 5) is 2.88. The number of ether oxygens (including phenoxy) is 2. The van der Waals surface area contributed by atoms with Crippen LogP contribution in [0.2, 0.25) is 0 Å². The van der Waals surface area contributed by atoms with Crippen molar-refractivity contribution in [1.29, 1.82) is 0 Å². The molecule has 7 aliphatic rings. The number of aliphatic hydroxyl groups excluding tert-OH is 5. The first-order valence-corrected chi connectivity index (χ1v) is 17.0. The molecule has 8 nitrogen and oxygen atoms in total. The summed E-state index contributed by atoms with van der Waals surface area (Å²) in [5.41, 5.74) is 0.0763. The zero-order valence-corrected chi connectivity index (χ0v) is 25.3. The predicted octanol–water partition coefficient (Wildman–Crippen LogP) is 2.39. The van der Waals surface area contributed by atoms with Crippen LogP contribution in [0.1, 0.15) is 78.6 Å². The van der Waals surface area contributed by atoms with Crippen molar-refractivity contribution in [3.63, 3.8) is 0 Å². The number of piperidine rings is 2. The van der Waals surface area contributed by atoms with E-state index in [2.05, 4.69) is 25.7 Å². The fourth-order valence-corrected chi connectivity index (χ4v) is 12.1. The molecule has 18 atom stereocenters. The van der Waals surface area contributed by atoms with E-state index in [-0.39, 0.29) is 23.5 Å². The van der Waals surface area contributed by atoms with Gasteiger partial charge in [0.25, 0.3) is 0 Å². The average Bonchev–Trinajstić information content (AvgIpc) is 3.34. The SMILES string of the molecule is C[C@@H]1CC[C@H]2[C@H](C)[C@@H]3CC[C@@H]4[C@@H](C[C@@H]5[C@H]4C[C@@H](O)[C@H]4C[C@@H](O[C@@H]6O[C@H](CO)[C@@H](O)[C@H](O)[C@H]6O)CC[C@]54C)[C@@H]3CN2C1. The molecule has 234 valence electrons. The van der Waals surface area contributed by atoms with E-state index in [1.165, 1.54) is 45.2 Å². The molecule has 0 aromatic rings. The van der Waals surface area contributed by atoms with Crippen molar-refractivity contribution in [2.24, 2.45) is 58.7 Å². The summed E-state index contributed by atoms with van der Waals surface area (Å²) in [5, 5.41) is 52.1. The van der Waals surface area contributed by atoms with Gasteiger partial charge < -0.3 is 35.0 Å². The van der Waals surface area contributed by atoms with Crippen LogP contribution < -0.4 is 0 Å². The van der Waals surface area contributed by atoms with Crippen LogP contribution >= 0.6 is 0 Å². The minimum Gasteiger partial charge on any atom is -0.394 e. The molecule has 0 spiro atoms. The Bertz CT molecular complexity index is 949. The van der Waals surface area contributed by atoms with Crippen molar-refractivity contribution in [2.45, 2.75) is 128 Å². The standard InChI is InChI=1S/C33H55NO7/c1-16-4-7-26-17(2)19-5-6-20-21(23(19)14-34(26)13-16)11-24-22(20)12-27(36)25-10-18(8-9-33(24,25)3)40-32-31(39)30(38)29(37)28(15-35)41-32/h16-32,35-39H,4-15H2,1-3H3/t16-,17-,18+,19+,20-,21-,22+,23-,24-,25-,26+,27-,28-,29-,30+,31-,32-,33-/m1/s1. The molecule has 5 N–H and O–H groups in total. The Balaban J connectivity index is 1.06. The molecule has 3 aliphatic heterocycles. The van der Waals surface area contributed by atoms with Crippen molar-refractivity contribution in [1.82, 2.24) is 4.90 Å². The second kappa shape index (κ2) is 10.9. The van der Waals surface area contributed by atoms with E-state index in [0.717, 1.165) is 60.8 Å². The van der Waals surface area contributed by atoms with Crippen LogP contribution in [-0.4, -0.2) is 99.1 Å². The molecule has 0 aromatic heterocycles. The molecular formula is C33H55NO7. The van der Waals surface area contributed by atoms with Crippen LogP contribution in [0.4, 0.5) is 0 Å². The highest BCUT2D eigenvalue weighted by atomic mass is 16.7. The summed E-state index contributed by atoms with van der Waals surface area (Å²) in [6, 6.07) is 0.787. The first kappa shape index (κ1) is 29.4. The Hall–Kier alpha value is -0.320. The van der Waals surface area contributed by atoms with Crippen LogP contribution in [0.3, 0.4) is 0 Å². The number of rotatable bonds is 3. The molecular weight excluding hydrogens is 522 g/mol. The Labute approximate surface area is 245 Å². The van der Waals surface area contributed by atoms with Gasteiger partial charge in [-0.3, -0.25) is 4.90 Å². The third kappa shape index (κ3) is 4.68. The molecule has 4 saturated carbocycles. The van der Waals surface area contributed by atoms with Crippen LogP contribution in [0.5, 0.6) is 0 Å². The summed E-state index contributed by atoms with van der Waals surface area (Å²) in [7, 11) is 0. The molecule has 8 heteroatoms. The van der Waals surface area contributed by atoms with Crippen molar-refractivity contribution in [3.8, 4) is 0 Å². The molecule has 4 aliphatic carbocycles. The van der Waals surface area contributed by atoms with Gasteiger partial charge in [0.1, 0.15) is 24.4 Å². The van der Waals surface area contributed by atoms with Crippen LogP contribution in [0, 0.1) is 58.7 Å². The minimum atomic E-state index is -1.43. The third-order valence-corrected chi connectivity index (χ3v) is 14.1. The smallest absolute Gasteiger partial charge is 0.186 e. The first-order chi connectivity index (χ1) is 19.6. The molecule has 0 bridgehead atoms. The largest absolute Gasteiger partial charge is 0.394 e. The van der Waals surface area contributed by atoms with Crippen molar-refractivity contribution >= 4 is 0 Å². The highest BCUT2D eigenvalue weighted by Gasteiger charge is 2.63. The fraction of sp³-hybridized carbons (Fsp3) is 1.00. The minimum absolute atomic E-state index is 0.0763. The van der Waals surface area contributed by atoms with E-state index >= 15 is 0 Å². The molecule has 0 unspecified atom stereocenters. The molecule has 7 fully saturated rings. The number of aliphatic hydroxyl groups is 5. The number of nitrogens with zero attached hydrogens (tertiary/aromatic N) is 1. The van der Waals surface area contributed by atoms with E-state index in [9.17, 15) is 25.5 Å². The van der Waals surface area contributed by atoms with Crippen molar-refractivity contribution in [2.75, 3.05) is 19.7 Å². The van der Waals surface area contributed by atoms with Gasteiger partial charge in [0.2, 0.25) is 0 Å². The predicted molar refractivity (Wildman–Crippen MR) is 152 cm³/mol. The summed E-state index contributed by atoms with van der Waals surface area (Å²) in [6.07, 6.45) is 3.39. The number of hydrogen-bond acceptors (Lipinski definition) is 8. The lowest BCUT2D eigenvalue weighted by Gasteiger charge is -2.57. The van der Waals surface area contributed by atoms with Gasteiger partial charge in [-0.15, -0.1) is 0 Å². The van der Waals surface area contributed by atoms with E-state index < -0.39 is 37.3 Å². The lowest BCUT2D eigenvalue weighted by molar-refractivity contribution is -0.317. The van der Waals surface area contributed by atoms with Gasteiger partial charge in [-0.1, -0.05) is 20.8 Å². The molecule has 0 aromatic carbocycles.